The number of fused-ring (bicyclic) bond motifs is 1. The molecule has 6 nitrogen and oxygen atoms in total. The van der Waals surface area contributed by atoms with Gasteiger partial charge in [-0.3, -0.25) is 10.1 Å². The summed E-state index contributed by atoms with van der Waals surface area (Å²) in [5.41, 5.74) is 6.97. The Morgan fingerprint density at radius 1 is 1.33 bits per heavy atom. The maximum Gasteiger partial charge on any atom is 0.319 e. The highest BCUT2D eigenvalue weighted by molar-refractivity contribution is 7.17. The Morgan fingerprint density at radius 2 is 2.10 bits per heavy atom. The summed E-state index contributed by atoms with van der Waals surface area (Å²) in [5.74, 6) is -0.461. The van der Waals surface area contributed by atoms with Crippen LogP contribution in [0.5, 0.6) is 0 Å². The highest BCUT2D eigenvalue weighted by atomic mass is 32.1. The molecule has 1 aliphatic rings. The molecule has 0 bridgehead atoms. The lowest BCUT2D eigenvalue weighted by atomic mass is 10.1. The van der Waals surface area contributed by atoms with Gasteiger partial charge in [0.1, 0.15) is 5.00 Å². The lowest BCUT2D eigenvalue weighted by Crippen LogP contribution is -2.31. The summed E-state index contributed by atoms with van der Waals surface area (Å²) < 4.78 is 0. The van der Waals surface area contributed by atoms with Crippen molar-refractivity contribution in [2.45, 2.75) is 25.7 Å². The third-order valence-corrected chi connectivity index (χ3v) is 4.67. The van der Waals surface area contributed by atoms with Gasteiger partial charge in [0, 0.05) is 11.4 Å². The quantitative estimate of drug-likeness (QED) is 0.694. The maximum absolute atomic E-state index is 11.9. The van der Waals surface area contributed by atoms with Crippen LogP contribution in [0, 0.1) is 0 Å². The monoisotopic (exact) mass is 310 g/mol. The normalized spacial score (nSPS) is 13.3. The van der Waals surface area contributed by atoms with Crippen LogP contribution < -0.4 is 16.4 Å². The number of hydrogen-bond donors (Lipinski definition) is 3. The van der Waals surface area contributed by atoms with Gasteiger partial charge in [-0.2, -0.15) is 0 Å². The zero-order valence-corrected chi connectivity index (χ0v) is 13.3. The van der Waals surface area contributed by atoms with Crippen LogP contribution in [0.25, 0.3) is 0 Å². The van der Waals surface area contributed by atoms with Crippen LogP contribution in [0.3, 0.4) is 0 Å². The van der Waals surface area contributed by atoms with Crippen LogP contribution in [0.1, 0.15) is 33.6 Å². The van der Waals surface area contributed by atoms with Gasteiger partial charge in [-0.25, -0.2) is 4.79 Å². The average molecular weight is 310 g/mol. The number of anilines is 1. The smallest absolute Gasteiger partial charge is 0.319 e. The van der Waals surface area contributed by atoms with Crippen molar-refractivity contribution in [3.8, 4) is 0 Å². The molecule has 1 aromatic rings. The predicted molar refractivity (Wildman–Crippen MR) is 85.1 cm³/mol. The lowest BCUT2D eigenvalue weighted by Gasteiger charge is -2.10. The van der Waals surface area contributed by atoms with Gasteiger partial charge in [-0.15, -0.1) is 11.3 Å². The number of thiophene rings is 1. The van der Waals surface area contributed by atoms with E-state index in [9.17, 15) is 9.59 Å². The van der Waals surface area contributed by atoms with Gasteiger partial charge in [0.05, 0.1) is 5.56 Å². The molecule has 3 amide bonds. The van der Waals surface area contributed by atoms with Crippen LogP contribution in [-0.2, 0) is 12.8 Å². The molecule has 0 aliphatic heterocycles. The van der Waals surface area contributed by atoms with Gasteiger partial charge >= 0.3 is 6.03 Å². The second kappa shape index (κ2) is 6.91. The summed E-state index contributed by atoms with van der Waals surface area (Å²) in [6.45, 7) is 1.52. The average Bonchev–Trinajstić information content (AvgIpc) is 2.93. The third-order valence-electron chi connectivity index (χ3n) is 3.46. The van der Waals surface area contributed by atoms with E-state index in [1.54, 1.807) is 0 Å². The highest BCUT2D eigenvalue weighted by Crippen LogP contribution is 2.38. The summed E-state index contributed by atoms with van der Waals surface area (Å²) in [6.07, 6.45) is 3.77. The van der Waals surface area contributed by atoms with Crippen LogP contribution in [-0.4, -0.2) is 44.0 Å². The van der Waals surface area contributed by atoms with E-state index in [1.165, 1.54) is 16.2 Å². The molecule has 0 fully saturated rings. The van der Waals surface area contributed by atoms with Crippen LogP contribution in [0.2, 0.25) is 0 Å². The number of rotatable bonds is 6. The Kier molecular flexibility index (Phi) is 5.19. The molecule has 0 spiro atoms. The molecule has 1 aromatic heterocycles. The Bertz CT molecular complexity index is 539. The van der Waals surface area contributed by atoms with Crippen molar-refractivity contribution in [3.05, 3.63) is 16.0 Å². The van der Waals surface area contributed by atoms with Gasteiger partial charge in [0.15, 0.2) is 0 Å². The minimum atomic E-state index is -0.461. The van der Waals surface area contributed by atoms with Crippen LogP contribution in [0.15, 0.2) is 0 Å². The first-order valence-corrected chi connectivity index (χ1v) is 7.94. The molecule has 1 aliphatic carbocycles. The molecular formula is C14H22N4O2S. The zero-order chi connectivity index (χ0) is 15.4. The number of nitrogens with zero attached hydrogens (tertiary/aromatic N) is 1. The molecule has 116 valence electrons. The van der Waals surface area contributed by atoms with Crippen molar-refractivity contribution in [2.24, 2.45) is 5.73 Å². The van der Waals surface area contributed by atoms with Crippen molar-refractivity contribution in [2.75, 3.05) is 32.5 Å². The Balaban J connectivity index is 1.94. The second-order valence-corrected chi connectivity index (χ2v) is 6.57. The summed E-state index contributed by atoms with van der Waals surface area (Å²) in [4.78, 5) is 26.7. The second-order valence-electron chi connectivity index (χ2n) is 5.46. The number of carbonyl (C=O) groups excluding carboxylic acids is 2. The maximum atomic E-state index is 11.9. The zero-order valence-electron chi connectivity index (χ0n) is 12.5. The fourth-order valence-electron chi connectivity index (χ4n) is 2.50. The predicted octanol–water partition coefficient (Wildman–Crippen LogP) is 1.41. The summed E-state index contributed by atoms with van der Waals surface area (Å²) in [7, 11) is 3.98. The van der Waals surface area contributed by atoms with E-state index in [-0.39, 0.29) is 6.03 Å². The number of hydrogen-bond acceptors (Lipinski definition) is 4. The molecule has 0 radical (unpaired) electrons. The fourth-order valence-corrected chi connectivity index (χ4v) is 3.79. The van der Waals surface area contributed by atoms with Gasteiger partial charge in [-0.05, 0) is 51.9 Å². The molecule has 2 rings (SSSR count). The number of amides is 3. The van der Waals surface area contributed by atoms with E-state index in [2.05, 4.69) is 15.5 Å². The number of nitrogens with one attached hydrogen (secondary N) is 2. The molecule has 0 saturated heterocycles. The van der Waals surface area contributed by atoms with Crippen molar-refractivity contribution >= 4 is 28.3 Å². The number of nitrogens with two attached hydrogens (primary N) is 1. The number of urea groups is 1. The van der Waals surface area contributed by atoms with Crippen LogP contribution in [0.4, 0.5) is 9.80 Å². The van der Waals surface area contributed by atoms with Crippen molar-refractivity contribution in [1.29, 1.82) is 0 Å². The molecule has 0 aromatic carbocycles. The third kappa shape index (κ3) is 3.95. The fraction of sp³-hybridized carbons (Fsp3) is 0.571. The molecule has 7 heteroatoms. The number of carbonyl (C=O) groups is 2. The van der Waals surface area contributed by atoms with Gasteiger partial charge < -0.3 is 16.0 Å². The van der Waals surface area contributed by atoms with E-state index in [4.69, 9.17) is 5.73 Å². The molecule has 0 saturated carbocycles. The van der Waals surface area contributed by atoms with Crippen molar-refractivity contribution < 1.29 is 9.59 Å². The first kappa shape index (κ1) is 15.8. The van der Waals surface area contributed by atoms with E-state index < -0.39 is 5.91 Å². The van der Waals surface area contributed by atoms with E-state index in [0.717, 1.165) is 37.8 Å². The molecule has 4 N–H and O–H groups in total. The first-order valence-electron chi connectivity index (χ1n) is 7.13. The topological polar surface area (TPSA) is 87.5 Å². The van der Waals surface area contributed by atoms with E-state index in [1.807, 2.05) is 14.1 Å². The molecule has 0 unspecified atom stereocenters. The minimum absolute atomic E-state index is 0.281. The largest absolute Gasteiger partial charge is 0.365 e. The number of primary amides is 1. The van der Waals surface area contributed by atoms with Crippen LogP contribution >= 0.6 is 11.3 Å². The Labute approximate surface area is 128 Å². The summed E-state index contributed by atoms with van der Waals surface area (Å²) in [6, 6.07) is -0.281. The molecular weight excluding hydrogens is 288 g/mol. The molecule has 21 heavy (non-hydrogen) atoms. The SMILES string of the molecule is CN(C)CCCNC(=O)Nc1sc2c(c1C(N)=O)CCC2. The molecule has 0 atom stereocenters. The highest BCUT2D eigenvalue weighted by Gasteiger charge is 2.25. The van der Waals surface area contributed by atoms with Gasteiger partial charge in [0.25, 0.3) is 5.91 Å². The van der Waals surface area contributed by atoms with Gasteiger partial charge in [0.2, 0.25) is 0 Å². The first-order chi connectivity index (χ1) is 9.99. The Hall–Kier alpha value is -1.60. The summed E-state index contributed by atoms with van der Waals surface area (Å²) in [5, 5.41) is 6.14. The Morgan fingerprint density at radius 3 is 2.76 bits per heavy atom. The van der Waals surface area contributed by atoms with E-state index >= 15 is 0 Å². The standard InChI is InChI=1S/C14H22N4O2S/c1-18(2)8-4-7-16-14(20)17-13-11(12(15)19)9-5-3-6-10(9)21-13/h3-8H2,1-2H3,(H2,15,19)(H2,16,17,20). The minimum Gasteiger partial charge on any atom is -0.365 e. The molecule has 1 heterocycles. The summed E-state index contributed by atoms with van der Waals surface area (Å²) >= 11 is 1.47. The lowest BCUT2D eigenvalue weighted by molar-refractivity contribution is 0.100. The number of aryl methyl sites for hydroxylation is 1. The van der Waals surface area contributed by atoms with E-state index in [0.29, 0.717) is 17.1 Å². The van der Waals surface area contributed by atoms with Gasteiger partial charge in [-0.1, -0.05) is 0 Å². The van der Waals surface area contributed by atoms with Crippen molar-refractivity contribution in [3.63, 3.8) is 0 Å². The van der Waals surface area contributed by atoms with Crippen molar-refractivity contribution in [1.82, 2.24) is 10.2 Å².